The van der Waals surface area contributed by atoms with Crippen LogP contribution in [0.15, 0.2) is 126 Å². The maximum Gasteiger partial charge on any atom is 0.0544 e. The van der Waals surface area contributed by atoms with Crippen LogP contribution in [0.25, 0.3) is 49.0 Å². The highest BCUT2D eigenvalue weighted by Gasteiger charge is 2.40. The summed E-state index contributed by atoms with van der Waals surface area (Å²) in [6, 6.07) is 31.6. The molecule has 6 aromatic rings. The summed E-state index contributed by atoms with van der Waals surface area (Å²) in [5.41, 5.74) is 11.0. The van der Waals surface area contributed by atoms with Crippen LogP contribution in [0.4, 0.5) is 5.69 Å². The van der Waals surface area contributed by atoms with Crippen LogP contribution in [0.3, 0.4) is 0 Å². The van der Waals surface area contributed by atoms with E-state index in [4.69, 9.17) is 0 Å². The summed E-state index contributed by atoms with van der Waals surface area (Å²) in [6.45, 7) is 4.77. The zero-order valence-corrected chi connectivity index (χ0v) is 23.6. The standard InChI is InChI=1S/C39H32N2/c1-39(2)31-15-5-7-17-33(31)40(34-18-8-6-16-32(34)39)25-21-23-26(24-22-25)41-35-19-9-13-29-27-11-3-4-12-28(27)30-14-10-20-36(41)38(30)37(29)35/h3-5,7,9-21,23H,6,8,22,24H2,1-2H3. The summed E-state index contributed by atoms with van der Waals surface area (Å²) in [5, 5.41) is 8.16. The average molecular weight is 529 g/mol. The van der Waals surface area contributed by atoms with Crippen LogP contribution in [0.5, 0.6) is 0 Å². The maximum atomic E-state index is 2.56. The highest BCUT2D eigenvalue weighted by Crippen LogP contribution is 2.51. The zero-order chi connectivity index (χ0) is 27.3. The molecule has 0 unspecified atom stereocenters. The Kier molecular flexibility index (Phi) is 4.66. The van der Waals surface area contributed by atoms with Crippen molar-refractivity contribution < 1.29 is 0 Å². The van der Waals surface area contributed by atoms with Gasteiger partial charge in [-0.2, -0.15) is 0 Å². The molecule has 0 radical (unpaired) electrons. The van der Waals surface area contributed by atoms with Crippen LogP contribution >= 0.6 is 0 Å². The lowest BCUT2D eigenvalue weighted by molar-refractivity contribution is 0.597. The van der Waals surface area contributed by atoms with E-state index in [-0.39, 0.29) is 5.41 Å². The average Bonchev–Trinajstić information content (AvgIpc) is 3.36. The molecule has 0 spiro atoms. The molecule has 3 aliphatic rings. The van der Waals surface area contributed by atoms with E-state index in [9.17, 15) is 0 Å². The molecule has 198 valence electrons. The third kappa shape index (κ3) is 3.03. The SMILES string of the molecule is CC1(C)C2=CCCC=C2N(C2=CC=C(n3c4cccc5c6ccccc6c6cccc3c6c54)CC2)c2ccccc21. The fourth-order valence-electron chi connectivity index (χ4n) is 8.04. The predicted octanol–water partition coefficient (Wildman–Crippen LogP) is 10.5. The van der Waals surface area contributed by atoms with E-state index < -0.39 is 0 Å². The van der Waals surface area contributed by atoms with Crippen molar-refractivity contribution in [3.8, 4) is 0 Å². The number of hydrogen-bond donors (Lipinski definition) is 0. The molecule has 1 aromatic heterocycles. The summed E-state index contributed by atoms with van der Waals surface area (Å²) in [4.78, 5) is 2.56. The Balaban J connectivity index is 1.25. The second-order valence-corrected chi connectivity index (χ2v) is 12.4. The largest absolute Gasteiger partial charge is 0.314 e. The fraction of sp³-hybridized carbons (Fsp3) is 0.179. The first-order valence-corrected chi connectivity index (χ1v) is 15.0. The van der Waals surface area contributed by atoms with E-state index in [1.54, 1.807) is 0 Å². The zero-order valence-electron chi connectivity index (χ0n) is 23.6. The number of aromatic nitrogens is 1. The first-order valence-electron chi connectivity index (χ1n) is 15.0. The van der Waals surface area contributed by atoms with Crippen molar-refractivity contribution in [3.63, 3.8) is 0 Å². The second kappa shape index (κ2) is 8.24. The van der Waals surface area contributed by atoms with Gasteiger partial charge >= 0.3 is 0 Å². The molecule has 0 amide bonds. The Bertz CT molecular complexity index is 2090. The Labute approximate surface area is 240 Å². The topological polar surface area (TPSA) is 8.17 Å². The Morgan fingerprint density at radius 2 is 1.17 bits per heavy atom. The molecule has 0 saturated carbocycles. The molecule has 0 atom stereocenters. The highest BCUT2D eigenvalue weighted by molar-refractivity contribution is 6.34. The molecule has 0 saturated heterocycles. The number of anilines is 1. The minimum atomic E-state index is 0.0117. The van der Waals surface area contributed by atoms with Gasteiger partial charge in [0.1, 0.15) is 0 Å². The van der Waals surface area contributed by atoms with Crippen molar-refractivity contribution in [1.82, 2.24) is 4.57 Å². The van der Waals surface area contributed by atoms with Gasteiger partial charge in [-0.1, -0.05) is 92.7 Å². The number of benzene rings is 5. The van der Waals surface area contributed by atoms with Crippen molar-refractivity contribution in [2.24, 2.45) is 0 Å². The molecule has 0 N–H and O–H groups in total. The van der Waals surface area contributed by atoms with Gasteiger partial charge in [-0.05, 0) is 88.7 Å². The number of allylic oxidation sites excluding steroid dienone is 7. The lowest BCUT2D eigenvalue weighted by Crippen LogP contribution is -2.38. The Morgan fingerprint density at radius 1 is 0.585 bits per heavy atom. The number of fused-ring (bicyclic) bond motifs is 5. The van der Waals surface area contributed by atoms with Gasteiger partial charge in [0.05, 0.1) is 11.0 Å². The summed E-state index contributed by atoms with van der Waals surface area (Å²) in [5.74, 6) is 0. The lowest BCUT2D eigenvalue weighted by Gasteiger charge is -2.46. The summed E-state index contributed by atoms with van der Waals surface area (Å²) in [6.07, 6.45) is 14.0. The number of nitrogens with zero attached hydrogens (tertiary/aromatic N) is 2. The third-order valence-electron chi connectivity index (χ3n) is 9.87. The van der Waals surface area contributed by atoms with Gasteiger partial charge in [0, 0.05) is 39.0 Å². The minimum Gasteiger partial charge on any atom is -0.314 e. The number of hydrogen-bond acceptors (Lipinski definition) is 1. The first-order chi connectivity index (χ1) is 20.1. The molecule has 5 aromatic carbocycles. The molecule has 0 bridgehead atoms. The summed E-state index contributed by atoms with van der Waals surface area (Å²) >= 11 is 0. The highest BCUT2D eigenvalue weighted by atomic mass is 15.2. The van der Waals surface area contributed by atoms with E-state index in [1.807, 2.05) is 0 Å². The van der Waals surface area contributed by atoms with E-state index >= 15 is 0 Å². The van der Waals surface area contributed by atoms with Crippen LogP contribution in [0.2, 0.25) is 0 Å². The monoisotopic (exact) mass is 528 g/mol. The molecule has 2 nitrogen and oxygen atoms in total. The maximum absolute atomic E-state index is 2.56. The molecular formula is C39H32N2. The molecule has 2 heteroatoms. The number of rotatable bonds is 2. The van der Waals surface area contributed by atoms with Crippen molar-refractivity contribution >= 4 is 54.7 Å². The van der Waals surface area contributed by atoms with Gasteiger partial charge in [0.25, 0.3) is 0 Å². The normalized spacial score (nSPS) is 18.3. The van der Waals surface area contributed by atoms with Crippen LogP contribution in [0, 0.1) is 0 Å². The van der Waals surface area contributed by atoms with E-state index in [0.717, 1.165) is 25.7 Å². The summed E-state index contributed by atoms with van der Waals surface area (Å²) < 4.78 is 2.54. The van der Waals surface area contributed by atoms with E-state index in [2.05, 4.69) is 133 Å². The second-order valence-electron chi connectivity index (χ2n) is 12.4. The molecule has 0 fully saturated rings. The third-order valence-corrected chi connectivity index (χ3v) is 9.87. The Morgan fingerprint density at radius 3 is 1.85 bits per heavy atom. The van der Waals surface area contributed by atoms with Gasteiger partial charge in [-0.15, -0.1) is 0 Å². The van der Waals surface area contributed by atoms with E-state index in [0.29, 0.717) is 0 Å². The van der Waals surface area contributed by atoms with Gasteiger partial charge in [0.2, 0.25) is 0 Å². The van der Waals surface area contributed by atoms with Gasteiger partial charge in [-0.25, -0.2) is 0 Å². The fourth-order valence-corrected chi connectivity index (χ4v) is 8.04. The van der Waals surface area contributed by atoms with Crippen molar-refractivity contribution in [3.05, 3.63) is 132 Å². The minimum absolute atomic E-state index is 0.0117. The van der Waals surface area contributed by atoms with Crippen LogP contribution in [-0.4, -0.2) is 4.57 Å². The smallest absolute Gasteiger partial charge is 0.0544 e. The molecule has 2 aliphatic carbocycles. The lowest BCUT2D eigenvalue weighted by atomic mass is 9.70. The van der Waals surface area contributed by atoms with Gasteiger partial charge in [0.15, 0.2) is 0 Å². The van der Waals surface area contributed by atoms with Gasteiger partial charge < -0.3 is 9.47 Å². The molecule has 9 rings (SSSR count). The molecular weight excluding hydrogens is 496 g/mol. The van der Waals surface area contributed by atoms with E-state index in [1.165, 1.54) is 77.3 Å². The van der Waals surface area contributed by atoms with Crippen LogP contribution < -0.4 is 4.90 Å². The van der Waals surface area contributed by atoms with Crippen molar-refractivity contribution in [2.75, 3.05) is 4.90 Å². The number of para-hydroxylation sites is 1. The summed E-state index contributed by atoms with van der Waals surface area (Å²) in [7, 11) is 0. The van der Waals surface area contributed by atoms with Crippen molar-refractivity contribution in [1.29, 1.82) is 0 Å². The van der Waals surface area contributed by atoms with Gasteiger partial charge in [-0.3, -0.25) is 0 Å². The van der Waals surface area contributed by atoms with Crippen LogP contribution in [-0.2, 0) is 5.41 Å². The Hall–Kier alpha value is -4.56. The van der Waals surface area contributed by atoms with Crippen molar-refractivity contribution in [2.45, 2.75) is 44.9 Å². The predicted molar refractivity (Wildman–Crippen MR) is 175 cm³/mol. The molecule has 2 heterocycles. The quantitative estimate of drug-likeness (QED) is 0.203. The molecule has 1 aliphatic heterocycles. The van der Waals surface area contributed by atoms with Crippen LogP contribution in [0.1, 0.15) is 45.1 Å². The molecule has 41 heavy (non-hydrogen) atoms. The first kappa shape index (κ1) is 23.2.